The largest absolute Gasteiger partial charge is 0.508 e. The van der Waals surface area contributed by atoms with Gasteiger partial charge in [0.05, 0.1) is 11.6 Å². The van der Waals surface area contributed by atoms with Crippen molar-refractivity contribution in [1.82, 2.24) is 16.2 Å². The lowest BCUT2D eigenvalue weighted by Crippen LogP contribution is -2.44. The molecule has 0 bridgehead atoms. The Morgan fingerprint density at radius 3 is 2.77 bits per heavy atom. The van der Waals surface area contributed by atoms with Crippen molar-refractivity contribution >= 4 is 17.5 Å². The first-order valence-corrected chi connectivity index (χ1v) is 8.88. The van der Waals surface area contributed by atoms with Gasteiger partial charge < -0.3 is 15.2 Å². The quantitative estimate of drug-likeness (QED) is 0.583. The number of benzene rings is 2. The lowest BCUT2D eigenvalue weighted by molar-refractivity contribution is -0.123. The molecule has 2 aromatic carbocycles. The van der Waals surface area contributed by atoms with Crippen molar-refractivity contribution < 1.29 is 14.6 Å². The van der Waals surface area contributed by atoms with Crippen molar-refractivity contribution in [2.75, 3.05) is 13.2 Å². The Morgan fingerprint density at radius 1 is 1.27 bits per heavy atom. The van der Waals surface area contributed by atoms with Crippen LogP contribution in [0.15, 0.2) is 42.5 Å². The topological polar surface area (TPSA) is 82.6 Å². The zero-order chi connectivity index (χ0) is 18.5. The summed E-state index contributed by atoms with van der Waals surface area (Å²) in [5, 5.41) is 12.8. The third kappa shape index (κ3) is 4.46. The zero-order valence-electron chi connectivity index (χ0n) is 14.5. The van der Waals surface area contributed by atoms with Crippen LogP contribution in [-0.2, 0) is 4.79 Å². The van der Waals surface area contributed by atoms with Gasteiger partial charge in [-0.3, -0.25) is 4.79 Å². The molecule has 3 rings (SSSR count). The Bertz CT molecular complexity index is 747. The highest BCUT2D eigenvalue weighted by molar-refractivity contribution is 6.32. The average molecular weight is 376 g/mol. The van der Waals surface area contributed by atoms with Gasteiger partial charge in [-0.1, -0.05) is 35.9 Å². The zero-order valence-corrected chi connectivity index (χ0v) is 15.2. The van der Waals surface area contributed by atoms with Crippen LogP contribution in [0.3, 0.4) is 0 Å². The average Bonchev–Trinajstić information content (AvgIpc) is 3.11. The van der Waals surface area contributed by atoms with Gasteiger partial charge in [-0.25, -0.2) is 10.9 Å². The molecular weight excluding hydrogens is 354 g/mol. The number of nitrogens with one attached hydrogen (secondary N) is 3. The molecule has 0 aliphatic carbocycles. The fourth-order valence-electron chi connectivity index (χ4n) is 2.90. The number of phenolic OH excluding ortho intramolecular Hbond substituents is 1. The number of carbonyl (C=O) groups is 1. The Morgan fingerprint density at radius 2 is 2.04 bits per heavy atom. The number of halogens is 1. The molecule has 6 nitrogen and oxygen atoms in total. The van der Waals surface area contributed by atoms with E-state index in [-0.39, 0.29) is 23.7 Å². The predicted molar refractivity (Wildman–Crippen MR) is 100 cm³/mol. The molecule has 1 heterocycles. The highest BCUT2D eigenvalue weighted by Crippen LogP contribution is 2.27. The number of hydrogen-bond donors (Lipinski definition) is 4. The second-order valence-corrected chi connectivity index (χ2v) is 6.65. The first-order chi connectivity index (χ1) is 12.5. The summed E-state index contributed by atoms with van der Waals surface area (Å²) < 4.78 is 5.68. The molecule has 0 saturated carbocycles. The minimum atomic E-state index is -0.323. The van der Waals surface area contributed by atoms with Crippen molar-refractivity contribution in [1.29, 1.82) is 0 Å². The van der Waals surface area contributed by atoms with E-state index in [0.717, 1.165) is 11.1 Å². The summed E-state index contributed by atoms with van der Waals surface area (Å²) >= 11 is 6.11. The Labute approximate surface area is 157 Å². The Balaban J connectivity index is 1.44. The first-order valence-electron chi connectivity index (χ1n) is 8.50. The second-order valence-electron chi connectivity index (χ2n) is 6.25. The van der Waals surface area contributed by atoms with Crippen LogP contribution in [0.4, 0.5) is 0 Å². The summed E-state index contributed by atoms with van der Waals surface area (Å²) in [6.45, 7) is 2.67. The van der Waals surface area contributed by atoms with Crippen molar-refractivity contribution in [3.05, 3.63) is 58.6 Å². The van der Waals surface area contributed by atoms with Crippen LogP contribution in [-0.4, -0.2) is 30.2 Å². The highest BCUT2D eigenvalue weighted by Gasteiger charge is 2.29. The lowest BCUT2D eigenvalue weighted by atomic mass is 10.0. The molecule has 138 valence electrons. The molecule has 1 saturated heterocycles. The molecule has 1 amide bonds. The van der Waals surface area contributed by atoms with Crippen LogP contribution in [0.1, 0.15) is 23.6 Å². The number of aromatic hydroxyl groups is 1. The summed E-state index contributed by atoms with van der Waals surface area (Å²) in [6, 6.07) is 12.2. The maximum absolute atomic E-state index is 12.3. The van der Waals surface area contributed by atoms with E-state index in [2.05, 4.69) is 16.2 Å². The standard InChI is InChI=1S/C19H22ClN3O3/c1-12-3-2-4-15(20)18(12)26-10-9-21-19(25)17-11-16(22-23-17)13-5-7-14(24)8-6-13/h2-8,16-17,22-24H,9-11H2,1H3,(H,21,25). The fraction of sp³-hybridized carbons (Fsp3) is 0.316. The number of phenols is 1. The minimum absolute atomic E-state index is 0.0216. The van der Waals surface area contributed by atoms with Gasteiger partial charge in [-0.15, -0.1) is 0 Å². The maximum atomic E-state index is 12.3. The van der Waals surface area contributed by atoms with E-state index in [1.54, 1.807) is 18.2 Å². The fourth-order valence-corrected chi connectivity index (χ4v) is 3.18. The molecule has 2 aromatic rings. The second kappa shape index (κ2) is 8.40. The third-order valence-corrected chi connectivity index (χ3v) is 4.62. The van der Waals surface area contributed by atoms with E-state index in [4.69, 9.17) is 16.3 Å². The van der Waals surface area contributed by atoms with Crippen LogP contribution < -0.4 is 20.9 Å². The molecule has 4 N–H and O–H groups in total. The van der Waals surface area contributed by atoms with Gasteiger partial charge >= 0.3 is 0 Å². The van der Waals surface area contributed by atoms with Gasteiger partial charge in [0.15, 0.2) is 0 Å². The van der Waals surface area contributed by atoms with E-state index < -0.39 is 0 Å². The molecule has 2 unspecified atom stereocenters. The van der Waals surface area contributed by atoms with Crippen LogP contribution in [0.2, 0.25) is 5.02 Å². The molecular formula is C19H22ClN3O3. The molecule has 26 heavy (non-hydrogen) atoms. The number of ether oxygens (including phenoxy) is 1. The number of rotatable bonds is 6. The number of aryl methyl sites for hydroxylation is 1. The molecule has 1 aliphatic heterocycles. The smallest absolute Gasteiger partial charge is 0.238 e. The third-order valence-electron chi connectivity index (χ3n) is 4.33. The lowest BCUT2D eigenvalue weighted by Gasteiger charge is -2.13. The molecule has 0 spiro atoms. The number of hydrogen-bond acceptors (Lipinski definition) is 5. The van der Waals surface area contributed by atoms with E-state index in [0.29, 0.717) is 30.3 Å². The number of para-hydroxylation sites is 1. The van der Waals surface area contributed by atoms with Crippen molar-refractivity contribution in [3.63, 3.8) is 0 Å². The summed E-state index contributed by atoms with van der Waals surface area (Å²) in [5.41, 5.74) is 8.10. The maximum Gasteiger partial charge on any atom is 0.238 e. The number of carbonyl (C=O) groups excluding carboxylic acids is 1. The summed E-state index contributed by atoms with van der Waals surface area (Å²) in [4.78, 5) is 12.3. The normalized spacial score (nSPS) is 19.3. The van der Waals surface area contributed by atoms with Crippen molar-refractivity contribution in [2.24, 2.45) is 0 Å². The van der Waals surface area contributed by atoms with E-state index >= 15 is 0 Å². The van der Waals surface area contributed by atoms with Crippen LogP contribution in [0, 0.1) is 6.92 Å². The van der Waals surface area contributed by atoms with Gasteiger partial charge in [0.1, 0.15) is 24.1 Å². The van der Waals surface area contributed by atoms with E-state index in [9.17, 15) is 9.90 Å². The van der Waals surface area contributed by atoms with Crippen LogP contribution in [0.25, 0.3) is 0 Å². The van der Waals surface area contributed by atoms with Gasteiger partial charge in [-0.05, 0) is 42.7 Å². The van der Waals surface area contributed by atoms with Gasteiger partial charge in [-0.2, -0.15) is 0 Å². The number of amides is 1. The van der Waals surface area contributed by atoms with Gasteiger partial charge in [0.2, 0.25) is 5.91 Å². The van der Waals surface area contributed by atoms with E-state index in [1.807, 2.05) is 31.2 Å². The van der Waals surface area contributed by atoms with E-state index in [1.165, 1.54) is 0 Å². The molecule has 1 aliphatic rings. The summed E-state index contributed by atoms with van der Waals surface area (Å²) in [7, 11) is 0. The summed E-state index contributed by atoms with van der Waals surface area (Å²) in [6.07, 6.45) is 0.626. The van der Waals surface area contributed by atoms with Crippen LogP contribution in [0.5, 0.6) is 11.5 Å². The SMILES string of the molecule is Cc1cccc(Cl)c1OCCNC(=O)C1CC(c2ccc(O)cc2)NN1. The monoisotopic (exact) mass is 375 g/mol. The molecule has 1 fully saturated rings. The Kier molecular flexibility index (Phi) is 5.98. The minimum Gasteiger partial charge on any atom is -0.508 e. The van der Waals surface area contributed by atoms with Gasteiger partial charge in [0.25, 0.3) is 0 Å². The van der Waals surface area contributed by atoms with Gasteiger partial charge in [0, 0.05) is 6.04 Å². The first kappa shape index (κ1) is 18.5. The van der Waals surface area contributed by atoms with Crippen molar-refractivity contribution in [3.8, 4) is 11.5 Å². The molecule has 0 radical (unpaired) electrons. The molecule has 0 aromatic heterocycles. The highest BCUT2D eigenvalue weighted by atomic mass is 35.5. The predicted octanol–water partition coefficient (Wildman–Crippen LogP) is 2.46. The Hall–Kier alpha value is -2.28. The van der Waals surface area contributed by atoms with Crippen LogP contribution >= 0.6 is 11.6 Å². The molecule has 2 atom stereocenters. The molecule has 7 heteroatoms. The summed E-state index contributed by atoms with van der Waals surface area (Å²) in [5.74, 6) is 0.789. The van der Waals surface area contributed by atoms with Crippen molar-refractivity contribution in [2.45, 2.75) is 25.4 Å². The number of hydrazine groups is 1.